The van der Waals surface area contributed by atoms with Gasteiger partial charge in [-0.3, -0.25) is 9.59 Å². The average Bonchev–Trinajstić information content (AvgIpc) is 3.00. The molecular formula is C19H16N2O3. The number of amides is 1. The van der Waals surface area contributed by atoms with E-state index in [0.29, 0.717) is 17.6 Å². The first kappa shape index (κ1) is 14.5. The third-order valence-corrected chi connectivity index (χ3v) is 4.57. The minimum absolute atomic E-state index is 0.204. The van der Waals surface area contributed by atoms with Crippen LogP contribution in [0.5, 0.6) is 5.75 Å². The van der Waals surface area contributed by atoms with Crippen molar-refractivity contribution in [3.8, 4) is 5.75 Å². The van der Waals surface area contributed by atoms with Crippen molar-refractivity contribution in [1.82, 2.24) is 4.57 Å². The second-order valence-corrected chi connectivity index (χ2v) is 6.01. The second-order valence-electron chi connectivity index (χ2n) is 6.01. The molecule has 1 amide bonds. The van der Waals surface area contributed by atoms with E-state index in [9.17, 15) is 14.7 Å². The number of rotatable bonds is 2. The van der Waals surface area contributed by atoms with Crippen LogP contribution in [0, 0.1) is 6.92 Å². The standard InChI is InChI=1S/C19H16N2O3/c1-11-5-2-3-8-14(11)20-18(23)15-17(22)13-7-4-6-12-9-10-21(16(12)13)19(15)24/h2-8,22H,9-10H2,1H3,(H,20,23). The van der Waals surface area contributed by atoms with Gasteiger partial charge in [-0.1, -0.05) is 30.3 Å². The van der Waals surface area contributed by atoms with Crippen molar-refractivity contribution in [2.24, 2.45) is 0 Å². The Hall–Kier alpha value is -3.08. The fourth-order valence-corrected chi connectivity index (χ4v) is 3.32. The number of aromatic hydroxyl groups is 1. The van der Waals surface area contributed by atoms with Gasteiger partial charge in [0.15, 0.2) is 0 Å². The van der Waals surface area contributed by atoms with Gasteiger partial charge in [-0.05, 0) is 36.6 Å². The highest BCUT2D eigenvalue weighted by molar-refractivity contribution is 6.09. The Kier molecular flexibility index (Phi) is 3.16. The van der Waals surface area contributed by atoms with Gasteiger partial charge in [0, 0.05) is 17.6 Å². The molecule has 0 aliphatic carbocycles. The van der Waals surface area contributed by atoms with E-state index < -0.39 is 11.5 Å². The van der Waals surface area contributed by atoms with Gasteiger partial charge >= 0.3 is 0 Å². The number of anilines is 1. The van der Waals surface area contributed by atoms with Crippen molar-refractivity contribution in [2.45, 2.75) is 19.9 Å². The average molecular weight is 320 g/mol. The zero-order chi connectivity index (χ0) is 16.8. The van der Waals surface area contributed by atoms with E-state index in [2.05, 4.69) is 5.32 Å². The summed E-state index contributed by atoms with van der Waals surface area (Å²) in [4.78, 5) is 25.4. The molecule has 0 saturated heterocycles. The van der Waals surface area contributed by atoms with Crippen LogP contribution in [0.25, 0.3) is 10.9 Å². The Morgan fingerprint density at radius 2 is 1.96 bits per heavy atom. The molecule has 0 unspecified atom stereocenters. The maximum Gasteiger partial charge on any atom is 0.267 e. The summed E-state index contributed by atoms with van der Waals surface area (Å²) in [5, 5.41) is 13.8. The Morgan fingerprint density at radius 3 is 2.75 bits per heavy atom. The first-order valence-electron chi connectivity index (χ1n) is 7.82. The van der Waals surface area contributed by atoms with E-state index in [4.69, 9.17) is 0 Å². The monoisotopic (exact) mass is 320 g/mol. The lowest BCUT2D eigenvalue weighted by atomic mass is 10.1. The number of benzene rings is 2. The van der Waals surface area contributed by atoms with Crippen LogP contribution in [-0.4, -0.2) is 15.6 Å². The minimum atomic E-state index is -0.588. The first-order chi connectivity index (χ1) is 11.6. The van der Waals surface area contributed by atoms with Gasteiger partial charge in [0.25, 0.3) is 11.5 Å². The number of hydrogen-bond acceptors (Lipinski definition) is 3. The predicted octanol–water partition coefficient (Wildman–Crippen LogP) is 2.82. The van der Waals surface area contributed by atoms with Gasteiger partial charge in [-0.2, -0.15) is 0 Å². The molecule has 5 heteroatoms. The van der Waals surface area contributed by atoms with Crippen LogP contribution in [0.15, 0.2) is 47.3 Å². The number of hydrogen-bond donors (Lipinski definition) is 2. The number of pyridine rings is 1. The smallest absolute Gasteiger partial charge is 0.267 e. The molecule has 4 rings (SSSR count). The summed E-state index contributed by atoms with van der Waals surface area (Å²) in [6, 6.07) is 12.8. The summed E-state index contributed by atoms with van der Waals surface area (Å²) in [6.07, 6.45) is 0.731. The normalized spacial score (nSPS) is 12.5. The highest BCUT2D eigenvalue weighted by Gasteiger charge is 2.26. The number of nitrogens with zero attached hydrogens (tertiary/aromatic N) is 1. The zero-order valence-corrected chi connectivity index (χ0v) is 13.2. The molecule has 2 aromatic carbocycles. The largest absolute Gasteiger partial charge is 0.506 e. The quantitative estimate of drug-likeness (QED) is 0.763. The number of aromatic nitrogens is 1. The molecule has 1 aliphatic heterocycles. The summed E-state index contributed by atoms with van der Waals surface area (Å²) in [5.41, 5.74) is 2.61. The van der Waals surface area contributed by atoms with E-state index in [1.54, 1.807) is 16.7 Å². The number of carbonyl (C=O) groups excluding carboxylic acids is 1. The van der Waals surface area contributed by atoms with Crippen molar-refractivity contribution in [2.75, 3.05) is 5.32 Å². The molecule has 120 valence electrons. The number of nitrogens with one attached hydrogen (secondary N) is 1. The third kappa shape index (κ3) is 2.01. The highest BCUT2D eigenvalue weighted by Crippen LogP contribution is 2.32. The van der Waals surface area contributed by atoms with Crippen molar-refractivity contribution >= 4 is 22.5 Å². The van der Waals surface area contributed by atoms with Crippen molar-refractivity contribution < 1.29 is 9.90 Å². The minimum Gasteiger partial charge on any atom is -0.506 e. The lowest BCUT2D eigenvalue weighted by Crippen LogP contribution is -2.28. The maximum absolute atomic E-state index is 12.7. The molecule has 2 heterocycles. The topological polar surface area (TPSA) is 71.3 Å². The van der Waals surface area contributed by atoms with Gasteiger partial charge in [0.2, 0.25) is 0 Å². The molecule has 0 spiro atoms. The Balaban J connectivity index is 1.88. The van der Waals surface area contributed by atoms with Gasteiger partial charge in [0.1, 0.15) is 11.3 Å². The summed E-state index contributed by atoms with van der Waals surface area (Å²) < 4.78 is 1.58. The number of carbonyl (C=O) groups is 1. The van der Waals surface area contributed by atoms with Crippen LogP contribution < -0.4 is 10.9 Å². The summed E-state index contributed by atoms with van der Waals surface area (Å²) in [7, 11) is 0. The Bertz CT molecular complexity index is 1050. The van der Waals surface area contributed by atoms with Crippen LogP contribution in [0.1, 0.15) is 21.5 Å². The van der Waals surface area contributed by atoms with Gasteiger partial charge in [-0.15, -0.1) is 0 Å². The lowest BCUT2D eigenvalue weighted by Gasteiger charge is -2.12. The van der Waals surface area contributed by atoms with Crippen molar-refractivity contribution in [1.29, 1.82) is 0 Å². The zero-order valence-electron chi connectivity index (χ0n) is 13.2. The van der Waals surface area contributed by atoms with Crippen molar-refractivity contribution in [3.63, 3.8) is 0 Å². The van der Waals surface area contributed by atoms with E-state index >= 15 is 0 Å². The molecule has 2 N–H and O–H groups in total. The first-order valence-corrected chi connectivity index (χ1v) is 7.82. The molecule has 1 aliphatic rings. The molecular weight excluding hydrogens is 304 g/mol. The number of aryl methyl sites for hydroxylation is 3. The molecule has 0 saturated carbocycles. The second kappa shape index (κ2) is 5.23. The van der Waals surface area contributed by atoms with E-state index in [1.807, 2.05) is 37.3 Å². The fraction of sp³-hybridized carbons (Fsp3) is 0.158. The molecule has 0 fully saturated rings. The Morgan fingerprint density at radius 1 is 1.17 bits per heavy atom. The van der Waals surface area contributed by atoms with Crippen LogP contribution in [-0.2, 0) is 13.0 Å². The number of para-hydroxylation sites is 2. The van der Waals surface area contributed by atoms with Crippen LogP contribution in [0.4, 0.5) is 5.69 Å². The SMILES string of the molecule is Cc1ccccc1NC(=O)c1c(O)c2cccc3c2n(c1=O)CC3. The predicted molar refractivity (Wildman–Crippen MR) is 92.7 cm³/mol. The third-order valence-electron chi connectivity index (χ3n) is 4.57. The van der Waals surface area contributed by atoms with Crippen molar-refractivity contribution in [3.05, 3.63) is 69.5 Å². The molecule has 3 aromatic rings. The molecule has 24 heavy (non-hydrogen) atoms. The lowest BCUT2D eigenvalue weighted by molar-refractivity contribution is 0.102. The van der Waals surface area contributed by atoms with E-state index in [0.717, 1.165) is 23.1 Å². The summed E-state index contributed by atoms with van der Waals surface area (Å²) in [5.74, 6) is -0.837. The van der Waals surface area contributed by atoms with Crippen LogP contribution in [0.2, 0.25) is 0 Å². The van der Waals surface area contributed by atoms with Crippen LogP contribution in [0.3, 0.4) is 0 Å². The van der Waals surface area contributed by atoms with Gasteiger partial charge < -0.3 is 15.0 Å². The van der Waals surface area contributed by atoms with Crippen LogP contribution >= 0.6 is 0 Å². The summed E-state index contributed by atoms with van der Waals surface area (Å²) in [6.45, 7) is 2.40. The molecule has 1 aromatic heterocycles. The molecule has 5 nitrogen and oxygen atoms in total. The van der Waals surface area contributed by atoms with E-state index in [-0.39, 0.29) is 11.3 Å². The maximum atomic E-state index is 12.7. The summed E-state index contributed by atoms with van der Waals surface area (Å²) >= 11 is 0. The molecule has 0 bridgehead atoms. The molecule has 0 radical (unpaired) electrons. The van der Waals surface area contributed by atoms with E-state index in [1.165, 1.54) is 0 Å². The fourth-order valence-electron chi connectivity index (χ4n) is 3.32. The Labute approximate surface area is 138 Å². The van der Waals surface area contributed by atoms with Gasteiger partial charge in [-0.25, -0.2) is 0 Å². The molecule has 0 atom stereocenters. The van der Waals surface area contributed by atoms with Gasteiger partial charge in [0.05, 0.1) is 5.52 Å². The highest BCUT2D eigenvalue weighted by atomic mass is 16.3.